The lowest BCUT2D eigenvalue weighted by molar-refractivity contribution is -0.180. The van der Waals surface area contributed by atoms with E-state index in [9.17, 15) is 14.7 Å². The van der Waals surface area contributed by atoms with Crippen molar-refractivity contribution in [2.45, 2.75) is 32.1 Å². The summed E-state index contributed by atoms with van der Waals surface area (Å²) >= 11 is 0. The van der Waals surface area contributed by atoms with Crippen molar-refractivity contribution >= 4 is 11.9 Å². The zero-order chi connectivity index (χ0) is 11.1. The summed E-state index contributed by atoms with van der Waals surface area (Å²) in [6.45, 7) is 0. The van der Waals surface area contributed by atoms with Crippen molar-refractivity contribution in [1.29, 1.82) is 0 Å². The summed E-state index contributed by atoms with van der Waals surface area (Å²) in [7, 11) is 1.27. The van der Waals surface area contributed by atoms with Crippen molar-refractivity contribution in [3.05, 3.63) is 0 Å². The molecule has 0 aromatic rings. The Morgan fingerprint density at radius 3 is 2.20 bits per heavy atom. The van der Waals surface area contributed by atoms with Crippen LogP contribution >= 0.6 is 0 Å². The van der Waals surface area contributed by atoms with E-state index in [1.165, 1.54) is 7.11 Å². The average molecular weight is 212 g/mol. The second-order valence-corrected chi connectivity index (χ2v) is 4.69. The fourth-order valence-electron chi connectivity index (χ4n) is 3.26. The van der Waals surface area contributed by atoms with Gasteiger partial charge in [0.25, 0.3) is 0 Å². The third kappa shape index (κ3) is 1.34. The Kier molecular flexibility index (Phi) is 2.44. The molecular formula is C11H16O4. The highest BCUT2D eigenvalue weighted by Crippen LogP contribution is 2.53. The predicted octanol–water partition coefficient (Wildman–Crippen LogP) is 1.44. The molecule has 3 fully saturated rings. The fraction of sp³-hybridized carbons (Fsp3) is 0.818. The normalized spacial score (nSPS) is 38.7. The Morgan fingerprint density at radius 1 is 1.27 bits per heavy atom. The number of ether oxygens (including phenoxy) is 1. The van der Waals surface area contributed by atoms with E-state index in [1.54, 1.807) is 0 Å². The molecule has 3 aliphatic rings. The average Bonchev–Trinajstić information content (AvgIpc) is 2.28. The number of aliphatic carboxylic acids is 1. The van der Waals surface area contributed by atoms with E-state index >= 15 is 0 Å². The van der Waals surface area contributed by atoms with Crippen LogP contribution in [0, 0.1) is 17.3 Å². The van der Waals surface area contributed by atoms with Crippen LogP contribution in [-0.2, 0) is 14.3 Å². The lowest BCUT2D eigenvalue weighted by Gasteiger charge is -2.46. The molecule has 1 atom stereocenters. The first-order valence-corrected chi connectivity index (χ1v) is 5.43. The molecule has 3 aliphatic carbocycles. The molecule has 1 unspecified atom stereocenters. The van der Waals surface area contributed by atoms with Gasteiger partial charge in [-0.25, -0.2) is 0 Å². The van der Waals surface area contributed by atoms with Crippen LogP contribution in [0.4, 0.5) is 0 Å². The third-order valence-corrected chi connectivity index (χ3v) is 4.09. The van der Waals surface area contributed by atoms with Gasteiger partial charge in [-0.3, -0.25) is 9.59 Å². The van der Waals surface area contributed by atoms with Crippen molar-refractivity contribution < 1.29 is 19.4 Å². The van der Waals surface area contributed by atoms with Gasteiger partial charge in [0.15, 0.2) is 5.41 Å². The van der Waals surface area contributed by atoms with Gasteiger partial charge in [0.2, 0.25) is 0 Å². The van der Waals surface area contributed by atoms with Crippen molar-refractivity contribution in [3.63, 3.8) is 0 Å². The number of carbonyl (C=O) groups excluding carboxylic acids is 1. The minimum atomic E-state index is -1.24. The molecule has 1 N–H and O–H groups in total. The lowest BCUT2D eigenvalue weighted by Crippen LogP contribution is -2.52. The topological polar surface area (TPSA) is 63.6 Å². The number of rotatable bonds is 2. The Hall–Kier alpha value is -1.06. The SMILES string of the molecule is COC(=O)C1(C(=O)O)CC2CCC1CC2. The molecule has 3 saturated carbocycles. The highest BCUT2D eigenvalue weighted by Gasteiger charge is 2.58. The van der Waals surface area contributed by atoms with E-state index in [1.807, 2.05) is 0 Å². The number of carboxylic acid groups (broad SMARTS) is 1. The van der Waals surface area contributed by atoms with Gasteiger partial charge in [-0.15, -0.1) is 0 Å². The third-order valence-electron chi connectivity index (χ3n) is 4.09. The highest BCUT2D eigenvalue weighted by atomic mass is 16.5. The summed E-state index contributed by atoms with van der Waals surface area (Å²) < 4.78 is 4.69. The van der Waals surface area contributed by atoms with Crippen molar-refractivity contribution in [3.8, 4) is 0 Å². The van der Waals surface area contributed by atoms with E-state index in [0.717, 1.165) is 25.7 Å². The van der Waals surface area contributed by atoms with Gasteiger partial charge < -0.3 is 9.84 Å². The Balaban J connectivity index is 2.34. The van der Waals surface area contributed by atoms with E-state index in [-0.39, 0.29) is 5.92 Å². The highest BCUT2D eigenvalue weighted by molar-refractivity contribution is 5.99. The van der Waals surface area contributed by atoms with E-state index in [4.69, 9.17) is 0 Å². The molecule has 84 valence electrons. The summed E-state index contributed by atoms with van der Waals surface area (Å²) in [5.41, 5.74) is -1.24. The number of hydrogen-bond donors (Lipinski definition) is 1. The van der Waals surface area contributed by atoms with Gasteiger partial charge in [-0.1, -0.05) is 12.8 Å². The zero-order valence-corrected chi connectivity index (χ0v) is 8.86. The van der Waals surface area contributed by atoms with Gasteiger partial charge in [-0.05, 0) is 31.1 Å². The smallest absolute Gasteiger partial charge is 0.323 e. The van der Waals surface area contributed by atoms with Crippen LogP contribution in [0.15, 0.2) is 0 Å². The number of carboxylic acids is 1. The van der Waals surface area contributed by atoms with E-state index in [2.05, 4.69) is 4.74 Å². The molecule has 0 aromatic heterocycles. The maximum atomic E-state index is 11.7. The summed E-state index contributed by atoms with van der Waals surface area (Å²) in [5, 5.41) is 9.31. The summed E-state index contributed by atoms with van der Waals surface area (Å²) in [6, 6.07) is 0. The van der Waals surface area contributed by atoms with Crippen LogP contribution in [0.1, 0.15) is 32.1 Å². The molecule has 0 aromatic carbocycles. The number of esters is 1. The zero-order valence-electron chi connectivity index (χ0n) is 8.86. The summed E-state index contributed by atoms with van der Waals surface area (Å²) in [5.74, 6) is -1.18. The number of hydrogen-bond acceptors (Lipinski definition) is 3. The molecule has 4 nitrogen and oxygen atoms in total. The van der Waals surface area contributed by atoms with Gasteiger partial charge in [0.05, 0.1) is 7.11 Å². The minimum absolute atomic E-state index is 0.0209. The molecule has 0 aliphatic heterocycles. The molecule has 0 radical (unpaired) electrons. The molecule has 2 bridgehead atoms. The Labute approximate surface area is 88.6 Å². The van der Waals surface area contributed by atoms with Crippen molar-refractivity contribution in [2.24, 2.45) is 17.3 Å². The first-order valence-electron chi connectivity index (χ1n) is 5.43. The van der Waals surface area contributed by atoms with E-state index in [0.29, 0.717) is 12.3 Å². The molecule has 0 saturated heterocycles. The fourth-order valence-corrected chi connectivity index (χ4v) is 3.26. The van der Waals surface area contributed by atoms with Gasteiger partial charge in [0.1, 0.15) is 0 Å². The summed E-state index contributed by atoms with van der Waals surface area (Å²) in [4.78, 5) is 23.1. The predicted molar refractivity (Wildman–Crippen MR) is 52.1 cm³/mol. The summed E-state index contributed by atoms with van der Waals surface area (Å²) in [6.07, 6.45) is 4.31. The largest absolute Gasteiger partial charge is 0.480 e. The van der Waals surface area contributed by atoms with Gasteiger partial charge >= 0.3 is 11.9 Å². The molecular weight excluding hydrogens is 196 g/mol. The van der Waals surface area contributed by atoms with Crippen LogP contribution in [0.3, 0.4) is 0 Å². The number of carbonyl (C=O) groups is 2. The maximum Gasteiger partial charge on any atom is 0.323 e. The molecule has 3 rings (SSSR count). The van der Waals surface area contributed by atoms with E-state index < -0.39 is 17.4 Å². The van der Waals surface area contributed by atoms with Gasteiger partial charge in [0, 0.05) is 0 Å². The number of fused-ring (bicyclic) bond motifs is 3. The second kappa shape index (κ2) is 3.51. The first kappa shape index (κ1) is 10.5. The first-order chi connectivity index (χ1) is 7.11. The molecule has 0 heterocycles. The lowest BCUT2D eigenvalue weighted by atomic mass is 9.56. The van der Waals surface area contributed by atoms with Crippen LogP contribution in [0.5, 0.6) is 0 Å². The monoisotopic (exact) mass is 212 g/mol. The Bertz CT molecular complexity index is 291. The maximum absolute atomic E-state index is 11.7. The van der Waals surface area contributed by atoms with Crippen LogP contribution in [-0.4, -0.2) is 24.2 Å². The quantitative estimate of drug-likeness (QED) is 0.555. The molecule has 0 amide bonds. The molecule has 0 spiro atoms. The molecule has 15 heavy (non-hydrogen) atoms. The van der Waals surface area contributed by atoms with Crippen molar-refractivity contribution in [1.82, 2.24) is 0 Å². The van der Waals surface area contributed by atoms with Crippen LogP contribution in [0.25, 0.3) is 0 Å². The minimum Gasteiger partial charge on any atom is -0.480 e. The Morgan fingerprint density at radius 2 is 1.87 bits per heavy atom. The standard InChI is InChI=1S/C11H16O4/c1-15-10(14)11(9(12)13)6-7-2-4-8(11)5-3-7/h7-8H,2-6H2,1H3,(H,12,13). The van der Waals surface area contributed by atoms with Crippen LogP contribution < -0.4 is 0 Å². The number of methoxy groups -OCH3 is 1. The van der Waals surface area contributed by atoms with Gasteiger partial charge in [-0.2, -0.15) is 0 Å². The second-order valence-electron chi connectivity index (χ2n) is 4.69. The van der Waals surface area contributed by atoms with Crippen LogP contribution in [0.2, 0.25) is 0 Å². The molecule has 4 heteroatoms. The van der Waals surface area contributed by atoms with Crippen molar-refractivity contribution in [2.75, 3.05) is 7.11 Å².